The number of carbonyl (C=O) groups is 1. The molecule has 1 N–H and O–H groups in total. The summed E-state index contributed by atoms with van der Waals surface area (Å²) in [6, 6.07) is 14.0. The Bertz CT molecular complexity index is 983. The summed E-state index contributed by atoms with van der Waals surface area (Å²) in [5, 5.41) is 2.83. The average Bonchev–Trinajstić information content (AvgIpc) is 2.78. The smallest absolute Gasteiger partial charge is 0.265 e. The van der Waals surface area contributed by atoms with Crippen molar-refractivity contribution in [2.45, 2.75) is 69.4 Å². The number of sulfonamides is 1. The highest BCUT2D eigenvalue weighted by Crippen LogP contribution is 2.27. The summed E-state index contributed by atoms with van der Waals surface area (Å²) in [6.45, 7) is 3.85. The molecule has 1 aliphatic rings. The van der Waals surface area contributed by atoms with Crippen LogP contribution in [0.25, 0.3) is 0 Å². The van der Waals surface area contributed by atoms with Gasteiger partial charge in [-0.2, -0.15) is 4.31 Å². The number of nitrogens with one attached hydrogen (secondary N) is 1. The summed E-state index contributed by atoms with van der Waals surface area (Å²) >= 11 is 0. The second-order valence-electron chi connectivity index (χ2n) is 8.16. The van der Waals surface area contributed by atoms with Crippen LogP contribution in [-0.2, 0) is 14.8 Å². The molecule has 0 saturated heterocycles. The molecule has 1 atom stereocenters. The van der Waals surface area contributed by atoms with E-state index in [2.05, 4.69) is 5.32 Å². The first-order valence-corrected chi connectivity index (χ1v) is 12.4. The van der Waals surface area contributed by atoms with Crippen LogP contribution >= 0.6 is 0 Å². The van der Waals surface area contributed by atoms with E-state index in [1.165, 1.54) is 10.7 Å². The van der Waals surface area contributed by atoms with Gasteiger partial charge >= 0.3 is 0 Å². The third-order valence-electron chi connectivity index (χ3n) is 5.82. The van der Waals surface area contributed by atoms with Crippen LogP contribution in [0, 0.1) is 6.92 Å². The Kier molecular flexibility index (Phi) is 7.73. The molecule has 0 heterocycles. The normalized spacial score (nSPS) is 16.1. The minimum Gasteiger partial charge on any atom is -0.481 e. The molecule has 1 saturated carbocycles. The average molecular weight is 445 g/mol. The van der Waals surface area contributed by atoms with Gasteiger partial charge in [0.2, 0.25) is 10.0 Å². The number of carbonyl (C=O) groups excluding carboxylic acids is 1. The highest BCUT2D eigenvalue weighted by molar-refractivity contribution is 7.89. The predicted molar refractivity (Wildman–Crippen MR) is 123 cm³/mol. The SMILES string of the molecule is CCC(Oc1cccc(C)c1)C(=O)Nc1ccc(S(=O)(=O)N(C)C2CCCCC2)cc1. The monoisotopic (exact) mass is 444 g/mol. The Balaban J connectivity index is 1.65. The summed E-state index contributed by atoms with van der Waals surface area (Å²) in [5.74, 6) is 0.383. The quantitative estimate of drug-likeness (QED) is 0.638. The summed E-state index contributed by atoms with van der Waals surface area (Å²) in [6.07, 6.45) is 5.00. The Morgan fingerprint density at radius 2 is 1.81 bits per heavy atom. The second-order valence-corrected chi connectivity index (χ2v) is 10.2. The molecular weight excluding hydrogens is 412 g/mol. The minimum absolute atomic E-state index is 0.0576. The standard InChI is InChI=1S/C24H32N2O4S/c1-4-23(30-21-12-8-9-18(2)17-21)24(27)25-19-13-15-22(16-14-19)31(28,29)26(3)20-10-6-5-7-11-20/h8-9,12-17,20,23H,4-7,10-11H2,1-3H3,(H,25,27). The molecule has 2 aromatic carbocycles. The number of ether oxygens (including phenoxy) is 1. The van der Waals surface area contributed by atoms with Crippen LogP contribution in [0.3, 0.4) is 0 Å². The molecule has 1 amide bonds. The number of benzene rings is 2. The topological polar surface area (TPSA) is 75.7 Å². The van der Waals surface area contributed by atoms with Gasteiger partial charge in [0, 0.05) is 18.8 Å². The fourth-order valence-corrected chi connectivity index (χ4v) is 5.33. The molecule has 2 aromatic rings. The number of rotatable bonds is 8. The van der Waals surface area contributed by atoms with Crippen LogP contribution in [-0.4, -0.2) is 37.8 Å². The van der Waals surface area contributed by atoms with E-state index in [4.69, 9.17) is 4.74 Å². The number of aryl methyl sites for hydroxylation is 1. The van der Waals surface area contributed by atoms with Gasteiger partial charge in [0.1, 0.15) is 5.75 Å². The van der Waals surface area contributed by atoms with Crippen LogP contribution in [0.2, 0.25) is 0 Å². The van der Waals surface area contributed by atoms with Gasteiger partial charge in [-0.25, -0.2) is 8.42 Å². The Morgan fingerprint density at radius 3 is 2.42 bits per heavy atom. The summed E-state index contributed by atoms with van der Waals surface area (Å²) in [7, 11) is -1.89. The number of nitrogens with zero attached hydrogens (tertiary/aromatic N) is 1. The Labute approximate surface area is 185 Å². The van der Waals surface area contributed by atoms with Crippen molar-refractivity contribution in [1.29, 1.82) is 0 Å². The zero-order valence-corrected chi connectivity index (χ0v) is 19.3. The maximum atomic E-state index is 13.0. The molecule has 6 nitrogen and oxygen atoms in total. The summed E-state index contributed by atoms with van der Waals surface area (Å²) in [5.41, 5.74) is 1.60. The van der Waals surface area contributed by atoms with E-state index in [0.717, 1.165) is 31.2 Å². The first kappa shape index (κ1) is 23.3. The first-order valence-electron chi connectivity index (χ1n) is 10.9. The molecule has 1 aliphatic carbocycles. The third kappa shape index (κ3) is 5.86. The lowest BCUT2D eigenvalue weighted by atomic mass is 9.96. The van der Waals surface area contributed by atoms with Crippen molar-refractivity contribution < 1.29 is 17.9 Å². The molecule has 1 unspecified atom stereocenters. The molecular formula is C24H32N2O4S. The van der Waals surface area contributed by atoms with E-state index in [0.29, 0.717) is 17.9 Å². The van der Waals surface area contributed by atoms with Crippen molar-refractivity contribution in [3.63, 3.8) is 0 Å². The largest absolute Gasteiger partial charge is 0.481 e. The maximum absolute atomic E-state index is 13.0. The van der Waals surface area contributed by atoms with Gasteiger partial charge in [0.15, 0.2) is 6.10 Å². The maximum Gasteiger partial charge on any atom is 0.265 e. The van der Waals surface area contributed by atoms with Crippen LogP contribution in [0.4, 0.5) is 5.69 Å². The van der Waals surface area contributed by atoms with Gasteiger partial charge in [-0.15, -0.1) is 0 Å². The van der Waals surface area contributed by atoms with Crippen molar-refractivity contribution >= 4 is 21.6 Å². The number of anilines is 1. The van der Waals surface area contributed by atoms with Gasteiger partial charge in [0.25, 0.3) is 5.91 Å². The summed E-state index contributed by atoms with van der Waals surface area (Å²) < 4.78 is 33.3. The predicted octanol–water partition coefficient (Wildman–Crippen LogP) is 4.74. The molecule has 0 radical (unpaired) electrons. The van der Waals surface area contributed by atoms with Gasteiger partial charge in [-0.05, 0) is 68.1 Å². The first-order chi connectivity index (χ1) is 14.8. The fourth-order valence-electron chi connectivity index (χ4n) is 3.92. The Hall–Kier alpha value is -2.38. The van der Waals surface area contributed by atoms with E-state index in [1.807, 2.05) is 38.1 Å². The van der Waals surface area contributed by atoms with E-state index in [1.54, 1.807) is 31.3 Å². The number of hydrogen-bond acceptors (Lipinski definition) is 4. The second kappa shape index (κ2) is 10.3. The van der Waals surface area contributed by atoms with Crippen LogP contribution in [0.15, 0.2) is 53.4 Å². The van der Waals surface area contributed by atoms with Crippen molar-refractivity contribution in [2.24, 2.45) is 0 Å². The van der Waals surface area contributed by atoms with E-state index >= 15 is 0 Å². The molecule has 3 rings (SSSR count). The van der Waals surface area contributed by atoms with Gasteiger partial charge in [0.05, 0.1) is 4.90 Å². The molecule has 0 spiro atoms. The minimum atomic E-state index is -3.55. The highest BCUT2D eigenvalue weighted by atomic mass is 32.2. The van der Waals surface area contributed by atoms with Crippen LogP contribution in [0.1, 0.15) is 51.0 Å². The van der Waals surface area contributed by atoms with Crippen molar-refractivity contribution in [1.82, 2.24) is 4.31 Å². The van der Waals surface area contributed by atoms with E-state index in [9.17, 15) is 13.2 Å². The van der Waals surface area contributed by atoms with E-state index < -0.39 is 16.1 Å². The lowest BCUT2D eigenvalue weighted by Gasteiger charge is -2.30. The molecule has 1 fully saturated rings. The molecule has 31 heavy (non-hydrogen) atoms. The van der Waals surface area contributed by atoms with Crippen molar-refractivity contribution in [3.8, 4) is 5.75 Å². The fraction of sp³-hybridized carbons (Fsp3) is 0.458. The number of hydrogen-bond donors (Lipinski definition) is 1. The molecule has 0 aliphatic heterocycles. The van der Waals surface area contributed by atoms with Gasteiger partial charge < -0.3 is 10.1 Å². The molecule has 168 valence electrons. The van der Waals surface area contributed by atoms with Crippen LogP contribution in [0.5, 0.6) is 5.75 Å². The third-order valence-corrected chi connectivity index (χ3v) is 7.74. The van der Waals surface area contributed by atoms with E-state index in [-0.39, 0.29) is 16.8 Å². The van der Waals surface area contributed by atoms with Gasteiger partial charge in [-0.3, -0.25) is 4.79 Å². The van der Waals surface area contributed by atoms with Crippen molar-refractivity contribution in [3.05, 3.63) is 54.1 Å². The zero-order chi connectivity index (χ0) is 22.4. The Morgan fingerprint density at radius 1 is 1.13 bits per heavy atom. The molecule has 7 heteroatoms. The lowest BCUT2D eigenvalue weighted by molar-refractivity contribution is -0.122. The molecule has 0 bridgehead atoms. The zero-order valence-electron chi connectivity index (χ0n) is 18.5. The van der Waals surface area contributed by atoms with Crippen LogP contribution < -0.4 is 10.1 Å². The van der Waals surface area contributed by atoms with Gasteiger partial charge in [-0.1, -0.05) is 38.3 Å². The lowest BCUT2D eigenvalue weighted by Crippen LogP contribution is -2.38. The highest BCUT2D eigenvalue weighted by Gasteiger charge is 2.29. The molecule has 0 aromatic heterocycles. The van der Waals surface area contributed by atoms with Crippen molar-refractivity contribution in [2.75, 3.05) is 12.4 Å². The number of amides is 1. The summed E-state index contributed by atoms with van der Waals surface area (Å²) in [4.78, 5) is 12.9.